The molecule has 140 valence electrons. The van der Waals surface area contributed by atoms with Crippen molar-refractivity contribution in [2.45, 2.75) is 19.4 Å². The monoisotopic (exact) mass is 484 g/mol. The molecule has 7 heteroatoms. The zero-order chi connectivity index (χ0) is 17.5. The molecular formula is C19H25IN4OS. The van der Waals surface area contributed by atoms with Gasteiger partial charge in [-0.05, 0) is 35.4 Å². The highest BCUT2D eigenvalue weighted by atomic mass is 127. The number of hydrogen-bond donors (Lipinski definition) is 2. The van der Waals surface area contributed by atoms with Crippen LogP contribution in [0.4, 0.5) is 0 Å². The van der Waals surface area contributed by atoms with Crippen LogP contribution in [0.15, 0.2) is 46.8 Å². The largest absolute Gasteiger partial charge is 0.356 e. The summed E-state index contributed by atoms with van der Waals surface area (Å²) in [5, 5.41) is 8.46. The van der Waals surface area contributed by atoms with E-state index in [0.29, 0.717) is 12.5 Å². The van der Waals surface area contributed by atoms with E-state index in [1.807, 2.05) is 11.0 Å². The quantitative estimate of drug-likeness (QED) is 0.390. The Balaban J connectivity index is 0.00000243. The molecule has 0 bridgehead atoms. The van der Waals surface area contributed by atoms with Gasteiger partial charge in [0.05, 0.1) is 6.54 Å². The SMILES string of the molecule is CN=C(NCCc1cccs1)NCC(=O)N1CCc2ccccc2C1.I. The second-order valence-corrected chi connectivity index (χ2v) is 7.05. The van der Waals surface area contributed by atoms with Crippen LogP contribution < -0.4 is 10.6 Å². The maximum Gasteiger partial charge on any atom is 0.242 e. The number of amides is 1. The van der Waals surface area contributed by atoms with Crippen LogP contribution in [-0.2, 0) is 24.2 Å². The summed E-state index contributed by atoms with van der Waals surface area (Å²) in [7, 11) is 1.72. The molecule has 3 rings (SSSR count). The molecule has 0 saturated carbocycles. The van der Waals surface area contributed by atoms with Gasteiger partial charge in [0.1, 0.15) is 0 Å². The number of rotatable bonds is 5. The van der Waals surface area contributed by atoms with E-state index in [1.54, 1.807) is 18.4 Å². The molecule has 0 spiro atoms. The molecule has 2 aromatic rings. The second-order valence-electron chi connectivity index (χ2n) is 6.02. The Morgan fingerprint density at radius 2 is 2.00 bits per heavy atom. The third-order valence-corrected chi connectivity index (χ3v) is 5.29. The van der Waals surface area contributed by atoms with Crippen molar-refractivity contribution in [1.82, 2.24) is 15.5 Å². The van der Waals surface area contributed by atoms with E-state index in [2.05, 4.69) is 51.3 Å². The van der Waals surface area contributed by atoms with E-state index in [0.717, 1.165) is 25.9 Å². The van der Waals surface area contributed by atoms with Gasteiger partial charge in [-0.2, -0.15) is 0 Å². The first-order chi connectivity index (χ1) is 12.3. The lowest BCUT2D eigenvalue weighted by atomic mass is 10.00. The molecule has 1 aromatic carbocycles. The van der Waals surface area contributed by atoms with E-state index in [4.69, 9.17) is 0 Å². The zero-order valence-corrected chi connectivity index (χ0v) is 18.1. The molecule has 26 heavy (non-hydrogen) atoms. The van der Waals surface area contributed by atoms with Crippen LogP contribution in [0.5, 0.6) is 0 Å². The number of nitrogens with one attached hydrogen (secondary N) is 2. The van der Waals surface area contributed by atoms with Gasteiger partial charge in [0.15, 0.2) is 5.96 Å². The summed E-state index contributed by atoms with van der Waals surface area (Å²) < 4.78 is 0. The standard InChI is InChI=1S/C19H24N4OS.HI/c1-20-19(21-10-8-17-7-4-12-25-17)22-13-18(24)23-11-9-15-5-2-3-6-16(15)14-23;/h2-7,12H,8-11,13-14H2,1H3,(H2,20,21,22);1H. The minimum Gasteiger partial charge on any atom is -0.356 e. The zero-order valence-electron chi connectivity index (χ0n) is 14.9. The van der Waals surface area contributed by atoms with Gasteiger partial charge in [0, 0.05) is 31.6 Å². The van der Waals surface area contributed by atoms with Gasteiger partial charge in [-0.15, -0.1) is 35.3 Å². The number of nitrogens with zero attached hydrogens (tertiary/aromatic N) is 2. The third kappa shape index (κ3) is 5.70. The van der Waals surface area contributed by atoms with Crippen LogP contribution in [0.2, 0.25) is 0 Å². The minimum atomic E-state index is 0. The highest BCUT2D eigenvalue weighted by Gasteiger charge is 2.20. The first kappa shape index (κ1) is 20.7. The topological polar surface area (TPSA) is 56.7 Å². The summed E-state index contributed by atoms with van der Waals surface area (Å²) in [5.41, 5.74) is 2.60. The number of fused-ring (bicyclic) bond motifs is 1. The predicted molar refractivity (Wildman–Crippen MR) is 118 cm³/mol. The van der Waals surface area contributed by atoms with E-state index in [-0.39, 0.29) is 36.4 Å². The van der Waals surface area contributed by atoms with Gasteiger partial charge in [-0.3, -0.25) is 9.79 Å². The van der Waals surface area contributed by atoms with Gasteiger partial charge < -0.3 is 15.5 Å². The van der Waals surface area contributed by atoms with Crippen molar-refractivity contribution in [2.24, 2.45) is 4.99 Å². The van der Waals surface area contributed by atoms with Crippen LogP contribution >= 0.6 is 35.3 Å². The summed E-state index contributed by atoms with van der Waals surface area (Å²) in [4.78, 5) is 19.9. The molecule has 5 nitrogen and oxygen atoms in total. The lowest BCUT2D eigenvalue weighted by Gasteiger charge is -2.29. The smallest absolute Gasteiger partial charge is 0.242 e. The van der Waals surface area contributed by atoms with Gasteiger partial charge in [0.2, 0.25) is 5.91 Å². The van der Waals surface area contributed by atoms with Crippen molar-refractivity contribution in [3.05, 3.63) is 57.8 Å². The fourth-order valence-corrected chi connectivity index (χ4v) is 3.67. The summed E-state index contributed by atoms with van der Waals surface area (Å²) >= 11 is 1.75. The lowest BCUT2D eigenvalue weighted by molar-refractivity contribution is -0.130. The van der Waals surface area contributed by atoms with Crippen molar-refractivity contribution in [3.63, 3.8) is 0 Å². The second kappa shape index (κ2) is 10.5. The summed E-state index contributed by atoms with van der Waals surface area (Å²) in [6, 6.07) is 12.5. The number of thiophene rings is 1. The summed E-state index contributed by atoms with van der Waals surface area (Å²) in [6.07, 6.45) is 1.88. The fraction of sp³-hybridized carbons (Fsp3) is 0.368. The Morgan fingerprint density at radius 1 is 1.19 bits per heavy atom. The van der Waals surface area contributed by atoms with Crippen LogP contribution in [-0.4, -0.2) is 43.4 Å². The first-order valence-electron chi connectivity index (χ1n) is 8.57. The van der Waals surface area contributed by atoms with E-state index in [1.165, 1.54) is 16.0 Å². The number of aliphatic imine (C=N–C) groups is 1. The molecule has 1 aliphatic rings. The number of benzene rings is 1. The molecule has 0 radical (unpaired) electrons. The summed E-state index contributed by atoms with van der Waals surface area (Å²) in [6.45, 7) is 2.54. The maximum atomic E-state index is 12.5. The molecule has 0 unspecified atom stereocenters. The van der Waals surface area contributed by atoms with Crippen molar-refractivity contribution in [2.75, 3.05) is 26.7 Å². The molecule has 1 amide bonds. The Hall–Kier alpha value is -1.61. The minimum absolute atomic E-state index is 0. The predicted octanol–water partition coefficient (Wildman–Crippen LogP) is 2.66. The van der Waals surface area contributed by atoms with E-state index < -0.39 is 0 Å². The highest BCUT2D eigenvalue weighted by Crippen LogP contribution is 2.18. The van der Waals surface area contributed by atoms with Crippen LogP contribution in [0.3, 0.4) is 0 Å². The number of halogens is 1. The Kier molecular flexibility index (Phi) is 8.37. The van der Waals surface area contributed by atoms with E-state index >= 15 is 0 Å². The highest BCUT2D eigenvalue weighted by molar-refractivity contribution is 14.0. The van der Waals surface area contributed by atoms with Crippen molar-refractivity contribution in [1.29, 1.82) is 0 Å². The van der Waals surface area contributed by atoms with Gasteiger partial charge in [-0.25, -0.2) is 0 Å². The van der Waals surface area contributed by atoms with Crippen LogP contribution in [0.1, 0.15) is 16.0 Å². The molecule has 0 aliphatic carbocycles. The average Bonchev–Trinajstić information content (AvgIpc) is 3.17. The van der Waals surface area contributed by atoms with Gasteiger partial charge in [-0.1, -0.05) is 30.3 Å². The lowest BCUT2D eigenvalue weighted by Crippen LogP contribution is -2.46. The molecule has 0 fully saturated rings. The number of carbonyl (C=O) groups is 1. The number of hydrogen-bond acceptors (Lipinski definition) is 3. The van der Waals surface area contributed by atoms with Gasteiger partial charge >= 0.3 is 0 Å². The summed E-state index contributed by atoms with van der Waals surface area (Å²) in [5.74, 6) is 0.776. The van der Waals surface area contributed by atoms with Crippen LogP contribution in [0, 0.1) is 0 Å². The fourth-order valence-electron chi connectivity index (χ4n) is 2.96. The van der Waals surface area contributed by atoms with Gasteiger partial charge in [0.25, 0.3) is 0 Å². The Labute approximate surface area is 175 Å². The molecule has 1 aliphatic heterocycles. The molecule has 1 aromatic heterocycles. The molecule has 2 N–H and O–H groups in total. The van der Waals surface area contributed by atoms with Crippen molar-refractivity contribution >= 4 is 47.2 Å². The average molecular weight is 484 g/mol. The third-order valence-electron chi connectivity index (χ3n) is 4.36. The van der Waals surface area contributed by atoms with E-state index in [9.17, 15) is 4.79 Å². The first-order valence-corrected chi connectivity index (χ1v) is 9.45. The Morgan fingerprint density at radius 3 is 2.73 bits per heavy atom. The van der Waals surface area contributed by atoms with Crippen molar-refractivity contribution in [3.8, 4) is 0 Å². The molecule has 0 atom stereocenters. The van der Waals surface area contributed by atoms with Crippen molar-refractivity contribution < 1.29 is 4.79 Å². The molecular weight excluding hydrogens is 459 g/mol. The number of guanidine groups is 1. The number of carbonyl (C=O) groups excluding carboxylic acids is 1. The molecule has 0 saturated heterocycles. The normalized spacial score (nSPS) is 13.6. The Bertz CT molecular complexity index is 733. The maximum absolute atomic E-state index is 12.5. The molecule has 2 heterocycles. The van der Waals surface area contributed by atoms with Crippen LogP contribution in [0.25, 0.3) is 0 Å².